The van der Waals surface area contributed by atoms with Gasteiger partial charge in [0.2, 0.25) is 15.9 Å². The molecule has 0 N–H and O–H groups in total. The molecule has 1 fully saturated rings. The molecule has 0 saturated carbocycles. The van der Waals surface area contributed by atoms with Gasteiger partial charge < -0.3 is 4.52 Å². The van der Waals surface area contributed by atoms with E-state index in [4.69, 9.17) is 16.1 Å². The number of aromatic nitrogens is 2. The first kappa shape index (κ1) is 14.5. The molecule has 2 heterocycles. The molecule has 1 aromatic heterocycles. The SMILES string of the molecule is Cc1noc(C2CN(S(=O)(=O)c3cc(Cl)ccc3C)C2)n1. The topological polar surface area (TPSA) is 76.3 Å². The van der Waals surface area contributed by atoms with Crippen molar-refractivity contribution in [3.8, 4) is 0 Å². The maximum absolute atomic E-state index is 12.6. The van der Waals surface area contributed by atoms with Gasteiger partial charge in [-0.3, -0.25) is 0 Å². The Hall–Kier alpha value is -1.44. The van der Waals surface area contributed by atoms with E-state index in [1.165, 1.54) is 10.4 Å². The Kier molecular flexibility index (Phi) is 3.51. The Morgan fingerprint density at radius 1 is 1.33 bits per heavy atom. The Morgan fingerprint density at radius 3 is 2.67 bits per heavy atom. The zero-order chi connectivity index (χ0) is 15.2. The highest BCUT2D eigenvalue weighted by Gasteiger charge is 2.40. The minimum Gasteiger partial charge on any atom is -0.339 e. The molecule has 112 valence electrons. The third-order valence-corrected chi connectivity index (χ3v) is 5.72. The summed E-state index contributed by atoms with van der Waals surface area (Å²) in [6, 6.07) is 4.86. The van der Waals surface area contributed by atoms with Crippen molar-refractivity contribution in [3.05, 3.63) is 40.5 Å². The summed E-state index contributed by atoms with van der Waals surface area (Å²) in [6.45, 7) is 4.17. The van der Waals surface area contributed by atoms with Gasteiger partial charge in [-0.1, -0.05) is 22.8 Å². The minimum absolute atomic E-state index is 0.0412. The molecule has 0 amide bonds. The first-order valence-electron chi connectivity index (χ1n) is 6.44. The fraction of sp³-hybridized carbons (Fsp3) is 0.385. The number of aryl methyl sites for hydroxylation is 2. The molecule has 0 atom stereocenters. The number of nitrogens with zero attached hydrogens (tertiary/aromatic N) is 3. The molecular weight excluding hydrogens is 314 g/mol. The molecule has 2 aromatic rings. The van der Waals surface area contributed by atoms with Crippen LogP contribution >= 0.6 is 11.6 Å². The van der Waals surface area contributed by atoms with E-state index in [0.29, 0.717) is 35.4 Å². The van der Waals surface area contributed by atoms with Crippen LogP contribution in [0.5, 0.6) is 0 Å². The molecule has 0 unspecified atom stereocenters. The van der Waals surface area contributed by atoms with Crippen LogP contribution in [0.4, 0.5) is 0 Å². The van der Waals surface area contributed by atoms with E-state index in [0.717, 1.165) is 0 Å². The molecule has 6 nitrogen and oxygen atoms in total. The van der Waals surface area contributed by atoms with Gasteiger partial charge in [0.1, 0.15) is 0 Å². The predicted molar refractivity (Wildman–Crippen MR) is 76.7 cm³/mol. The molecule has 1 aliphatic rings. The normalized spacial score (nSPS) is 16.9. The van der Waals surface area contributed by atoms with Crippen LogP contribution in [-0.4, -0.2) is 36.0 Å². The summed E-state index contributed by atoms with van der Waals surface area (Å²) in [7, 11) is -3.53. The Labute approximate surface area is 127 Å². The molecule has 1 aliphatic heterocycles. The van der Waals surface area contributed by atoms with Crippen LogP contribution in [0, 0.1) is 13.8 Å². The smallest absolute Gasteiger partial charge is 0.243 e. The number of sulfonamides is 1. The van der Waals surface area contributed by atoms with Crippen molar-refractivity contribution in [2.45, 2.75) is 24.7 Å². The van der Waals surface area contributed by atoms with Gasteiger partial charge in [0.05, 0.1) is 10.8 Å². The van der Waals surface area contributed by atoms with E-state index in [-0.39, 0.29) is 10.8 Å². The molecule has 0 spiro atoms. The highest BCUT2D eigenvalue weighted by Crippen LogP contribution is 2.32. The Balaban J connectivity index is 1.80. The van der Waals surface area contributed by atoms with E-state index in [9.17, 15) is 8.42 Å². The molecule has 3 rings (SSSR count). The van der Waals surface area contributed by atoms with Gasteiger partial charge in [-0.2, -0.15) is 9.29 Å². The lowest BCUT2D eigenvalue weighted by Gasteiger charge is -2.36. The minimum atomic E-state index is -3.53. The quantitative estimate of drug-likeness (QED) is 0.863. The number of rotatable bonds is 3. The van der Waals surface area contributed by atoms with E-state index >= 15 is 0 Å². The summed E-state index contributed by atoms with van der Waals surface area (Å²) >= 11 is 5.90. The zero-order valence-corrected chi connectivity index (χ0v) is 13.1. The highest BCUT2D eigenvalue weighted by atomic mass is 35.5. The van der Waals surface area contributed by atoms with Gasteiger partial charge in [-0.15, -0.1) is 0 Å². The molecular formula is C13H14ClN3O3S. The standard InChI is InChI=1S/C13H14ClN3O3S/c1-8-3-4-11(14)5-12(8)21(18,19)17-6-10(7-17)13-15-9(2)16-20-13/h3-5,10H,6-7H2,1-2H3. The zero-order valence-electron chi connectivity index (χ0n) is 11.6. The van der Waals surface area contributed by atoms with Crippen molar-refractivity contribution in [1.29, 1.82) is 0 Å². The van der Waals surface area contributed by atoms with Gasteiger partial charge in [0.15, 0.2) is 5.82 Å². The van der Waals surface area contributed by atoms with Crippen LogP contribution in [0.2, 0.25) is 5.02 Å². The van der Waals surface area contributed by atoms with Gasteiger partial charge >= 0.3 is 0 Å². The Morgan fingerprint density at radius 2 is 2.05 bits per heavy atom. The molecule has 21 heavy (non-hydrogen) atoms. The van der Waals surface area contributed by atoms with Crippen LogP contribution < -0.4 is 0 Å². The molecule has 0 aliphatic carbocycles. The number of hydrogen-bond donors (Lipinski definition) is 0. The third kappa shape index (κ3) is 2.56. The summed E-state index contributed by atoms with van der Waals surface area (Å²) < 4.78 is 31.6. The molecule has 1 saturated heterocycles. The van der Waals surface area contributed by atoms with Gasteiger partial charge in [-0.05, 0) is 31.5 Å². The van der Waals surface area contributed by atoms with Crippen molar-refractivity contribution in [1.82, 2.24) is 14.4 Å². The monoisotopic (exact) mass is 327 g/mol. The average Bonchev–Trinajstić information content (AvgIpc) is 2.76. The van der Waals surface area contributed by atoms with E-state index in [1.54, 1.807) is 26.0 Å². The predicted octanol–water partition coefficient (Wildman–Crippen LogP) is 2.13. The first-order chi connectivity index (χ1) is 9.88. The fourth-order valence-electron chi connectivity index (χ4n) is 2.26. The summed E-state index contributed by atoms with van der Waals surface area (Å²) in [6.07, 6.45) is 0. The number of hydrogen-bond acceptors (Lipinski definition) is 5. The van der Waals surface area contributed by atoms with Crippen LogP contribution in [-0.2, 0) is 10.0 Å². The van der Waals surface area contributed by atoms with Crippen molar-refractivity contribution in [2.75, 3.05) is 13.1 Å². The summed E-state index contributed by atoms with van der Waals surface area (Å²) in [4.78, 5) is 4.38. The van der Waals surface area contributed by atoms with E-state index < -0.39 is 10.0 Å². The van der Waals surface area contributed by atoms with Crippen molar-refractivity contribution < 1.29 is 12.9 Å². The Bertz CT molecular complexity index is 782. The molecule has 1 aromatic carbocycles. The largest absolute Gasteiger partial charge is 0.339 e. The summed E-state index contributed by atoms with van der Waals surface area (Å²) in [5, 5.41) is 4.13. The van der Waals surface area contributed by atoms with Crippen molar-refractivity contribution >= 4 is 21.6 Å². The van der Waals surface area contributed by atoms with Gasteiger partial charge in [-0.25, -0.2) is 8.42 Å². The van der Waals surface area contributed by atoms with Crippen LogP contribution in [0.25, 0.3) is 0 Å². The van der Waals surface area contributed by atoms with Crippen molar-refractivity contribution in [2.24, 2.45) is 0 Å². The van der Waals surface area contributed by atoms with Gasteiger partial charge in [0, 0.05) is 18.1 Å². The maximum Gasteiger partial charge on any atom is 0.243 e. The number of benzene rings is 1. The second-order valence-corrected chi connectivity index (χ2v) is 7.45. The molecule has 0 radical (unpaired) electrons. The van der Waals surface area contributed by atoms with Crippen LogP contribution in [0.3, 0.4) is 0 Å². The highest BCUT2D eigenvalue weighted by molar-refractivity contribution is 7.89. The second-order valence-electron chi connectivity index (χ2n) is 5.11. The molecule has 0 bridgehead atoms. The van der Waals surface area contributed by atoms with Crippen LogP contribution in [0.1, 0.15) is 23.2 Å². The first-order valence-corrected chi connectivity index (χ1v) is 8.26. The maximum atomic E-state index is 12.6. The third-order valence-electron chi connectivity index (χ3n) is 3.51. The summed E-state index contributed by atoms with van der Waals surface area (Å²) in [5.74, 6) is 0.999. The molecule has 8 heteroatoms. The summed E-state index contributed by atoms with van der Waals surface area (Å²) in [5.41, 5.74) is 0.677. The van der Waals surface area contributed by atoms with Crippen molar-refractivity contribution in [3.63, 3.8) is 0 Å². The average molecular weight is 328 g/mol. The lowest BCUT2D eigenvalue weighted by Crippen LogP contribution is -2.48. The van der Waals surface area contributed by atoms with Crippen LogP contribution in [0.15, 0.2) is 27.6 Å². The van der Waals surface area contributed by atoms with Gasteiger partial charge in [0.25, 0.3) is 0 Å². The number of halogens is 1. The lowest BCUT2D eigenvalue weighted by atomic mass is 10.0. The second kappa shape index (κ2) is 5.08. The van der Waals surface area contributed by atoms with E-state index in [2.05, 4.69) is 10.1 Å². The fourth-order valence-corrected chi connectivity index (χ4v) is 4.28. The van der Waals surface area contributed by atoms with E-state index in [1.807, 2.05) is 0 Å². The lowest BCUT2D eigenvalue weighted by molar-refractivity contribution is 0.216.